The summed E-state index contributed by atoms with van der Waals surface area (Å²) in [7, 11) is 3.49. The third-order valence-electron chi connectivity index (χ3n) is 4.65. The molecule has 0 amide bonds. The number of benzene rings is 1. The molecule has 21 heavy (non-hydrogen) atoms. The molecule has 110 valence electrons. The average molecular weight is 301 g/mol. The summed E-state index contributed by atoms with van der Waals surface area (Å²) in [5.41, 5.74) is 4.37. The largest absolute Gasteiger partial charge is 0.497 e. The molecule has 3 heterocycles. The zero-order valence-corrected chi connectivity index (χ0v) is 13.2. The summed E-state index contributed by atoms with van der Waals surface area (Å²) >= 11 is 1.80. The highest BCUT2D eigenvalue weighted by Gasteiger charge is 2.33. The molecule has 2 aliphatic heterocycles. The quantitative estimate of drug-likeness (QED) is 0.848. The van der Waals surface area contributed by atoms with Crippen LogP contribution in [-0.4, -0.2) is 25.7 Å². The van der Waals surface area contributed by atoms with Crippen LogP contribution < -0.4 is 9.47 Å². The van der Waals surface area contributed by atoms with Crippen LogP contribution in [0.2, 0.25) is 0 Å². The van der Waals surface area contributed by atoms with Gasteiger partial charge >= 0.3 is 0 Å². The minimum Gasteiger partial charge on any atom is -0.497 e. The van der Waals surface area contributed by atoms with Gasteiger partial charge in [0.05, 0.1) is 14.2 Å². The van der Waals surface area contributed by atoms with Gasteiger partial charge in [-0.1, -0.05) is 6.07 Å². The van der Waals surface area contributed by atoms with Crippen molar-refractivity contribution in [3.05, 3.63) is 45.8 Å². The zero-order valence-electron chi connectivity index (χ0n) is 12.4. The molecule has 0 N–H and O–H groups in total. The summed E-state index contributed by atoms with van der Waals surface area (Å²) < 4.78 is 10.8. The predicted molar refractivity (Wildman–Crippen MR) is 84.4 cm³/mol. The summed E-state index contributed by atoms with van der Waals surface area (Å²) in [6.07, 6.45) is 2.21. The number of ether oxygens (including phenoxy) is 2. The molecule has 1 aromatic heterocycles. The molecule has 2 aliphatic rings. The van der Waals surface area contributed by atoms with E-state index in [-0.39, 0.29) is 0 Å². The molecule has 4 heteroatoms. The third-order valence-corrected chi connectivity index (χ3v) is 5.81. The third kappa shape index (κ3) is 2.14. The lowest BCUT2D eigenvalue weighted by Gasteiger charge is -2.40. The van der Waals surface area contributed by atoms with E-state index in [1.54, 1.807) is 25.6 Å². The van der Waals surface area contributed by atoms with Crippen LogP contribution in [0.1, 0.15) is 27.6 Å². The number of hydrogen-bond acceptors (Lipinski definition) is 4. The van der Waals surface area contributed by atoms with Crippen molar-refractivity contribution in [3.8, 4) is 10.8 Å². The Hall–Kier alpha value is -1.52. The molecule has 1 unspecified atom stereocenters. The fourth-order valence-electron chi connectivity index (χ4n) is 3.54. The first kappa shape index (κ1) is 13.2. The molecule has 0 bridgehead atoms. The highest BCUT2D eigenvalue weighted by atomic mass is 32.1. The first-order chi connectivity index (χ1) is 10.3. The fourth-order valence-corrected chi connectivity index (χ4v) is 4.56. The summed E-state index contributed by atoms with van der Waals surface area (Å²) in [6, 6.07) is 9.26. The van der Waals surface area contributed by atoms with Crippen molar-refractivity contribution in [3.63, 3.8) is 0 Å². The van der Waals surface area contributed by atoms with Gasteiger partial charge in [-0.25, -0.2) is 0 Å². The minimum absolute atomic E-state index is 0.510. The van der Waals surface area contributed by atoms with Crippen molar-refractivity contribution in [2.45, 2.75) is 25.4 Å². The Morgan fingerprint density at radius 3 is 2.86 bits per heavy atom. The van der Waals surface area contributed by atoms with Gasteiger partial charge < -0.3 is 9.47 Å². The van der Waals surface area contributed by atoms with Gasteiger partial charge in [-0.15, -0.1) is 11.3 Å². The number of hydrogen-bond donors (Lipinski definition) is 0. The molecule has 0 aliphatic carbocycles. The minimum atomic E-state index is 0.510. The SMILES string of the molecule is COc1ccc2c(c1)CCN1Cc3cc(OC)sc3CC21. The van der Waals surface area contributed by atoms with Crippen LogP contribution in [0.5, 0.6) is 10.8 Å². The summed E-state index contributed by atoms with van der Waals surface area (Å²) in [5.74, 6) is 0.969. The Morgan fingerprint density at radius 1 is 1.14 bits per heavy atom. The number of nitrogens with zero attached hydrogens (tertiary/aromatic N) is 1. The van der Waals surface area contributed by atoms with Gasteiger partial charge in [0.25, 0.3) is 0 Å². The molecule has 0 radical (unpaired) electrons. The van der Waals surface area contributed by atoms with Gasteiger partial charge in [-0.3, -0.25) is 4.90 Å². The molecule has 1 aromatic carbocycles. The highest BCUT2D eigenvalue weighted by molar-refractivity contribution is 7.14. The molecule has 3 nitrogen and oxygen atoms in total. The predicted octanol–water partition coefficient (Wildman–Crippen LogP) is 3.42. The van der Waals surface area contributed by atoms with Gasteiger partial charge in [-0.2, -0.15) is 0 Å². The van der Waals surface area contributed by atoms with Gasteiger partial charge in [0.15, 0.2) is 5.06 Å². The van der Waals surface area contributed by atoms with Crippen molar-refractivity contribution >= 4 is 11.3 Å². The molecule has 4 rings (SSSR count). The molecule has 0 saturated heterocycles. The summed E-state index contributed by atoms with van der Waals surface area (Å²) in [4.78, 5) is 4.08. The Bertz CT molecular complexity index is 679. The molecule has 2 aromatic rings. The van der Waals surface area contributed by atoms with E-state index in [1.165, 1.54) is 21.6 Å². The highest BCUT2D eigenvalue weighted by Crippen LogP contribution is 2.43. The Labute approximate surface area is 129 Å². The van der Waals surface area contributed by atoms with Crippen molar-refractivity contribution in [2.75, 3.05) is 20.8 Å². The maximum Gasteiger partial charge on any atom is 0.173 e. The Kier molecular flexibility index (Phi) is 3.16. The van der Waals surface area contributed by atoms with E-state index in [0.717, 1.165) is 36.7 Å². The standard InChI is InChI=1S/C17H19NO2S/c1-19-13-3-4-14-11(7-13)5-6-18-10-12-8-17(20-2)21-16(12)9-15(14)18/h3-4,7-8,15H,5-6,9-10H2,1-2H3. The van der Waals surface area contributed by atoms with E-state index < -0.39 is 0 Å². The summed E-state index contributed by atoms with van der Waals surface area (Å²) in [5, 5.41) is 1.04. The fraction of sp³-hybridized carbons (Fsp3) is 0.412. The van der Waals surface area contributed by atoms with Crippen LogP contribution >= 0.6 is 11.3 Å². The second kappa shape index (κ2) is 5.04. The van der Waals surface area contributed by atoms with Crippen molar-refractivity contribution < 1.29 is 9.47 Å². The molecule has 0 spiro atoms. The van der Waals surface area contributed by atoms with E-state index in [4.69, 9.17) is 9.47 Å². The Balaban J connectivity index is 1.71. The van der Waals surface area contributed by atoms with Gasteiger partial charge in [0, 0.05) is 30.4 Å². The van der Waals surface area contributed by atoms with Crippen LogP contribution in [0.4, 0.5) is 0 Å². The lowest BCUT2D eigenvalue weighted by Crippen LogP contribution is -2.38. The van der Waals surface area contributed by atoms with Gasteiger partial charge in [-0.05, 0) is 41.3 Å². The van der Waals surface area contributed by atoms with Crippen LogP contribution in [0.3, 0.4) is 0 Å². The second-order valence-electron chi connectivity index (χ2n) is 5.72. The number of rotatable bonds is 2. The molecular formula is C17H19NO2S. The topological polar surface area (TPSA) is 21.7 Å². The van der Waals surface area contributed by atoms with E-state index in [2.05, 4.69) is 29.2 Å². The molecular weight excluding hydrogens is 282 g/mol. The second-order valence-corrected chi connectivity index (χ2v) is 6.82. The first-order valence-corrected chi connectivity index (χ1v) is 8.16. The van der Waals surface area contributed by atoms with Crippen LogP contribution in [0, 0.1) is 0 Å². The number of fused-ring (bicyclic) bond motifs is 4. The van der Waals surface area contributed by atoms with E-state index in [0.29, 0.717) is 6.04 Å². The summed E-state index contributed by atoms with van der Waals surface area (Å²) in [6.45, 7) is 2.17. The lowest BCUT2D eigenvalue weighted by molar-refractivity contribution is 0.162. The maximum absolute atomic E-state index is 5.40. The molecule has 0 fully saturated rings. The zero-order chi connectivity index (χ0) is 14.4. The van der Waals surface area contributed by atoms with Crippen LogP contribution in [0.25, 0.3) is 0 Å². The van der Waals surface area contributed by atoms with Crippen molar-refractivity contribution in [1.29, 1.82) is 0 Å². The van der Waals surface area contributed by atoms with Gasteiger partial charge in [0.1, 0.15) is 5.75 Å². The smallest absolute Gasteiger partial charge is 0.173 e. The van der Waals surface area contributed by atoms with E-state index in [9.17, 15) is 0 Å². The molecule has 0 saturated carbocycles. The molecule has 1 atom stereocenters. The van der Waals surface area contributed by atoms with Crippen molar-refractivity contribution in [2.24, 2.45) is 0 Å². The normalized spacial score (nSPS) is 20.4. The average Bonchev–Trinajstić information content (AvgIpc) is 2.94. The maximum atomic E-state index is 5.40. The lowest BCUT2D eigenvalue weighted by atomic mass is 9.87. The Morgan fingerprint density at radius 2 is 2.05 bits per heavy atom. The van der Waals surface area contributed by atoms with Crippen LogP contribution in [-0.2, 0) is 19.4 Å². The number of thiophene rings is 1. The van der Waals surface area contributed by atoms with E-state index in [1.807, 2.05) is 0 Å². The number of methoxy groups -OCH3 is 2. The monoisotopic (exact) mass is 301 g/mol. The van der Waals surface area contributed by atoms with E-state index >= 15 is 0 Å². The van der Waals surface area contributed by atoms with Gasteiger partial charge in [0.2, 0.25) is 0 Å². The first-order valence-electron chi connectivity index (χ1n) is 7.35. The van der Waals surface area contributed by atoms with Crippen LogP contribution in [0.15, 0.2) is 24.3 Å². The van der Waals surface area contributed by atoms with Crippen molar-refractivity contribution in [1.82, 2.24) is 4.90 Å².